The zero-order valence-electron chi connectivity index (χ0n) is 20.0. The van der Waals surface area contributed by atoms with Crippen LogP contribution in [0.4, 0.5) is 11.4 Å². The number of nitrogens with one attached hydrogen (secondary N) is 2. The molecule has 1 aliphatic carbocycles. The van der Waals surface area contributed by atoms with E-state index in [4.69, 9.17) is 4.74 Å². The molecule has 4 rings (SSSR count). The molecule has 0 radical (unpaired) electrons. The first-order valence-corrected chi connectivity index (χ1v) is 13.2. The van der Waals surface area contributed by atoms with E-state index in [-0.39, 0.29) is 17.7 Å². The molecule has 5 nitrogen and oxygen atoms in total. The fourth-order valence-electron chi connectivity index (χ4n) is 4.30. The summed E-state index contributed by atoms with van der Waals surface area (Å²) in [5.74, 6) is 0.852. The standard InChI is InChI=1S/C29H32N2O3S/c1-2-34-25-18-16-23(17-19-25)30-29(33)27(21-10-5-3-6-11-21)35-26-15-9-14-24(20-26)31-28(32)22-12-7-4-8-13-22/h3,5-6,9-11,14-20,22,27H,2,4,7-8,12-13H2,1H3,(H,30,33)(H,31,32). The van der Waals surface area contributed by atoms with E-state index in [2.05, 4.69) is 10.6 Å². The third-order valence-corrected chi connectivity index (χ3v) is 7.35. The van der Waals surface area contributed by atoms with Gasteiger partial charge in [-0.2, -0.15) is 0 Å². The Kier molecular flexibility index (Phi) is 8.85. The quantitative estimate of drug-likeness (QED) is 0.316. The van der Waals surface area contributed by atoms with Gasteiger partial charge in [0.05, 0.1) is 6.61 Å². The highest BCUT2D eigenvalue weighted by Crippen LogP contribution is 2.37. The van der Waals surface area contributed by atoms with Gasteiger partial charge >= 0.3 is 0 Å². The second kappa shape index (κ2) is 12.5. The van der Waals surface area contributed by atoms with Crippen molar-refractivity contribution >= 4 is 35.0 Å². The van der Waals surface area contributed by atoms with Gasteiger partial charge in [-0.15, -0.1) is 11.8 Å². The highest BCUT2D eigenvalue weighted by atomic mass is 32.2. The van der Waals surface area contributed by atoms with Crippen LogP contribution in [0.3, 0.4) is 0 Å². The minimum absolute atomic E-state index is 0.0945. The van der Waals surface area contributed by atoms with Gasteiger partial charge in [0.1, 0.15) is 11.0 Å². The number of carbonyl (C=O) groups excluding carboxylic acids is 2. The van der Waals surface area contributed by atoms with E-state index in [1.807, 2.05) is 85.8 Å². The minimum Gasteiger partial charge on any atom is -0.494 e. The van der Waals surface area contributed by atoms with Crippen LogP contribution in [0, 0.1) is 5.92 Å². The molecule has 35 heavy (non-hydrogen) atoms. The van der Waals surface area contributed by atoms with Crippen molar-refractivity contribution in [1.82, 2.24) is 0 Å². The Balaban J connectivity index is 1.48. The number of anilines is 2. The number of amides is 2. The van der Waals surface area contributed by atoms with Crippen molar-refractivity contribution < 1.29 is 14.3 Å². The van der Waals surface area contributed by atoms with Gasteiger partial charge in [0.15, 0.2) is 0 Å². The average Bonchev–Trinajstić information content (AvgIpc) is 2.90. The van der Waals surface area contributed by atoms with Crippen LogP contribution in [-0.4, -0.2) is 18.4 Å². The van der Waals surface area contributed by atoms with E-state index in [1.165, 1.54) is 18.2 Å². The largest absolute Gasteiger partial charge is 0.494 e. The summed E-state index contributed by atoms with van der Waals surface area (Å²) >= 11 is 1.47. The third kappa shape index (κ3) is 7.12. The van der Waals surface area contributed by atoms with Crippen LogP contribution in [-0.2, 0) is 9.59 Å². The topological polar surface area (TPSA) is 67.4 Å². The summed E-state index contributed by atoms with van der Waals surface area (Å²) in [6.45, 7) is 2.53. The maximum absolute atomic E-state index is 13.4. The molecule has 2 N–H and O–H groups in total. The first kappa shape index (κ1) is 24.9. The van der Waals surface area contributed by atoms with E-state index in [1.54, 1.807) is 0 Å². The third-order valence-electron chi connectivity index (χ3n) is 6.10. The maximum Gasteiger partial charge on any atom is 0.242 e. The Bertz CT molecular complexity index is 1110. The van der Waals surface area contributed by atoms with Gasteiger partial charge in [-0.3, -0.25) is 9.59 Å². The second-order valence-corrected chi connectivity index (χ2v) is 9.89. The molecule has 1 unspecified atom stereocenters. The van der Waals surface area contributed by atoms with Crippen LogP contribution in [0.2, 0.25) is 0 Å². The highest BCUT2D eigenvalue weighted by molar-refractivity contribution is 8.00. The number of hydrogen-bond acceptors (Lipinski definition) is 4. The van der Waals surface area contributed by atoms with Crippen molar-refractivity contribution in [2.24, 2.45) is 5.92 Å². The van der Waals surface area contributed by atoms with Crippen LogP contribution in [0.15, 0.2) is 83.8 Å². The molecular formula is C29H32N2O3S. The lowest BCUT2D eigenvalue weighted by Gasteiger charge is -2.21. The molecule has 6 heteroatoms. The lowest BCUT2D eigenvalue weighted by Crippen LogP contribution is -2.24. The average molecular weight is 489 g/mol. The van der Waals surface area contributed by atoms with Gasteiger partial charge in [-0.25, -0.2) is 0 Å². The number of thioether (sulfide) groups is 1. The number of ether oxygens (including phenoxy) is 1. The van der Waals surface area contributed by atoms with Gasteiger partial charge in [0.25, 0.3) is 0 Å². The number of rotatable bonds is 9. The summed E-state index contributed by atoms with van der Waals surface area (Å²) < 4.78 is 5.49. The molecule has 1 fully saturated rings. The fourth-order valence-corrected chi connectivity index (χ4v) is 5.39. The number of carbonyl (C=O) groups is 2. The molecule has 0 heterocycles. The zero-order chi connectivity index (χ0) is 24.5. The van der Waals surface area contributed by atoms with Crippen LogP contribution in [0.5, 0.6) is 5.75 Å². The summed E-state index contributed by atoms with van der Waals surface area (Å²) in [5, 5.41) is 5.67. The highest BCUT2D eigenvalue weighted by Gasteiger charge is 2.24. The lowest BCUT2D eigenvalue weighted by molar-refractivity contribution is -0.120. The van der Waals surface area contributed by atoms with Gasteiger partial charge in [-0.1, -0.05) is 55.7 Å². The van der Waals surface area contributed by atoms with E-state index in [0.29, 0.717) is 12.3 Å². The fraction of sp³-hybridized carbons (Fsp3) is 0.310. The van der Waals surface area contributed by atoms with Crippen molar-refractivity contribution in [3.05, 3.63) is 84.4 Å². The van der Waals surface area contributed by atoms with Gasteiger partial charge in [-0.05, 0) is 67.8 Å². The monoisotopic (exact) mass is 488 g/mol. The van der Waals surface area contributed by atoms with Crippen molar-refractivity contribution in [1.29, 1.82) is 0 Å². The zero-order valence-corrected chi connectivity index (χ0v) is 20.9. The predicted octanol–water partition coefficient (Wildman–Crippen LogP) is 7.08. The molecule has 0 aliphatic heterocycles. The van der Waals surface area contributed by atoms with E-state index in [9.17, 15) is 9.59 Å². The SMILES string of the molecule is CCOc1ccc(NC(=O)C(Sc2cccc(NC(=O)C3CCCCC3)c2)c2ccccc2)cc1. The summed E-state index contributed by atoms with van der Waals surface area (Å²) in [5.41, 5.74) is 2.40. The molecule has 0 aromatic heterocycles. The lowest BCUT2D eigenvalue weighted by atomic mass is 9.88. The van der Waals surface area contributed by atoms with Crippen molar-refractivity contribution in [2.45, 2.75) is 49.2 Å². The Morgan fingerprint density at radius 3 is 2.34 bits per heavy atom. The molecule has 2 amide bonds. The summed E-state index contributed by atoms with van der Waals surface area (Å²) in [6.07, 6.45) is 5.38. The smallest absolute Gasteiger partial charge is 0.242 e. The molecule has 1 saturated carbocycles. The first-order valence-electron chi connectivity index (χ1n) is 12.3. The Labute approximate surface area is 211 Å². The predicted molar refractivity (Wildman–Crippen MR) is 143 cm³/mol. The second-order valence-electron chi connectivity index (χ2n) is 8.71. The Morgan fingerprint density at radius 1 is 0.886 bits per heavy atom. The summed E-state index contributed by atoms with van der Waals surface area (Å²) in [4.78, 5) is 27.0. The molecule has 182 valence electrons. The van der Waals surface area contributed by atoms with Crippen molar-refractivity contribution in [2.75, 3.05) is 17.2 Å². The molecule has 1 aliphatic rings. The molecule has 3 aromatic carbocycles. The number of benzene rings is 3. The van der Waals surface area contributed by atoms with Gasteiger partial charge in [0.2, 0.25) is 11.8 Å². The Hall–Kier alpha value is -3.25. The van der Waals surface area contributed by atoms with Gasteiger partial charge < -0.3 is 15.4 Å². The number of hydrogen-bond donors (Lipinski definition) is 2. The molecule has 0 saturated heterocycles. The molecule has 0 spiro atoms. The molecule has 1 atom stereocenters. The summed E-state index contributed by atoms with van der Waals surface area (Å²) in [6, 6.07) is 24.9. The van der Waals surface area contributed by atoms with Crippen molar-refractivity contribution in [3.63, 3.8) is 0 Å². The van der Waals surface area contributed by atoms with E-state index >= 15 is 0 Å². The Morgan fingerprint density at radius 2 is 1.63 bits per heavy atom. The van der Waals surface area contributed by atoms with Crippen LogP contribution in [0.25, 0.3) is 0 Å². The molecule has 3 aromatic rings. The van der Waals surface area contributed by atoms with Crippen LogP contribution in [0.1, 0.15) is 49.8 Å². The molecule has 0 bridgehead atoms. The minimum atomic E-state index is -0.452. The van der Waals surface area contributed by atoms with Crippen LogP contribution >= 0.6 is 11.8 Å². The van der Waals surface area contributed by atoms with Crippen molar-refractivity contribution in [3.8, 4) is 5.75 Å². The summed E-state index contributed by atoms with van der Waals surface area (Å²) in [7, 11) is 0. The van der Waals surface area contributed by atoms with E-state index < -0.39 is 5.25 Å². The van der Waals surface area contributed by atoms with Gasteiger partial charge in [0, 0.05) is 22.2 Å². The first-order chi connectivity index (χ1) is 17.1. The van der Waals surface area contributed by atoms with E-state index in [0.717, 1.165) is 47.6 Å². The maximum atomic E-state index is 13.4. The normalized spacial score (nSPS) is 14.7. The van der Waals surface area contributed by atoms with Crippen LogP contribution < -0.4 is 15.4 Å². The molecular weight excluding hydrogens is 456 g/mol.